The van der Waals surface area contributed by atoms with E-state index in [-0.39, 0.29) is 5.92 Å². The van der Waals surface area contributed by atoms with Gasteiger partial charge in [0.15, 0.2) is 0 Å². The Morgan fingerprint density at radius 1 is 1.24 bits per heavy atom. The van der Waals surface area contributed by atoms with E-state index >= 15 is 0 Å². The van der Waals surface area contributed by atoms with E-state index < -0.39 is 0 Å². The third kappa shape index (κ3) is 2.05. The predicted molar refractivity (Wildman–Crippen MR) is 85.5 cm³/mol. The Morgan fingerprint density at radius 2 is 2.10 bits per heavy atom. The molecule has 4 rings (SSSR count). The second-order valence-electron chi connectivity index (χ2n) is 5.40. The maximum Gasteiger partial charge on any atom is 0.0925 e. The van der Waals surface area contributed by atoms with Gasteiger partial charge in [0.1, 0.15) is 0 Å². The number of hydrogen-bond donors (Lipinski definition) is 0. The molecule has 1 aromatic carbocycles. The van der Waals surface area contributed by atoms with Crippen LogP contribution in [0.25, 0.3) is 23.2 Å². The minimum absolute atomic E-state index is 0.281. The van der Waals surface area contributed by atoms with Gasteiger partial charge in [-0.25, -0.2) is 0 Å². The van der Waals surface area contributed by atoms with Crippen LogP contribution in [0.15, 0.2) is 36.8 Å². The lowest BCUT2D eigenvalue weighted by atomic mass is 9.91. The Labute approximate surface area is 127 Å². The number of aryl methyl sites for hydroxylation is 1. The molecule has 0 bridgehead atoms. The summed E-state index contributed by atoms with van der Waals surface area (Å²) in [7, 11) is 2.07. The molecule has 104 valence electrons. The van der Waals surface area contributed by atoms with Crippen molar-refractivity contribution in [3.05, 3.63) is 57.9 Å². The predicted octanol–water partition coefficient (Wildman–Crippen LogP) is 2.37. The van der Waals surface area contributed by atoms with Gasteiger partial charge in [0, 0.05) is 41.9 Å². The van der Waals surface area contributed by atoms with E-state index in [0.29, 0.717) is 5.02 Å². The monoisotopic (exact) mass is 295 g/mol. The van der Waals surface area contributed by atoms with Crippen molar-refractivity contribution < 1.29 is 0 Å². The average molecular weight is 296 g/mol. The van der Waals surface area contributed by atoms with E-state index in [9.17, 15) is 0 Å². The first kappa shape index (κ1) is 12.6. The van der Waals surface area contributed by atoms with Gasteiger partial charge in [-0.3, -0.25) is 9.97 Å². The molecular weight excluding hydrogens is 282 g/mol. The molecule has 0 N–H and O–H groups in total. The Morgan fingerprint density at radius 3 is 3.00 bits per heavy atom. The highest BCUT2D eigenvalue weighted by atomic mass is 35.5. The molecule has 1 aliphatic carbocycles. The zero-order valence-corrected chi connectivity index (χ0v) is 12.4. The van der Waals surface area contributed by atoms with Gasteiger partial charge in [-0.15, -0.1) is 0 Å². The van der Waals surface area contributed by atoms with Gasteiger partial charge < -0.3 is 4.57 Å². The van der Waals surface area contributed by atoms with Crippen LogP contribution in [0, 0.1) is 0 Å². The zero-order chi connectivity index (χ0) is 14.4. The van der Waals surface area contributed by atoms with Crippen molar-refractivity contribution in [3.8, 4) is 0 Å². The Bertz CT molecular complexity index is 956. The number of fused-ring (bicyclic) bond motifs is 2. The molecule has 0 fully saturated rings. The van der Waals surface area contributed by atoms with Crippen LogP contribution < -0.4 is 10.6 Å². The van der Waals surface area contributed by atoms with Crippen LogP contribution in [-0.2, 0) is 7.05 Å². The normalized spacial score (nSPS) is 17.1. The number of hydrogen-bond acceptors (Lipinski definition) is 2. The number of halogens is 1. The first-order valence-corrected chi connectivity index (χ1v) is 7.34. The molecule has 0 amide bonds. The van der Waals surface area contributed by atoms with Gasteiger partial charge in [0.05, 0.1) is 11.0 Å². The van der Waals surface area contributed by atoms with Gasteiger partial charge in [-0.1, -0.05) is 23.8 Å². The molecule has 0 radical (unpaired) electrons. The number of benzene rings is 1. The molecule has 3 aromatic rings. The van der Waals surface area contributed by atoms with Crippen molar-refractivity contribution in [3.63, 3.8) is 0 Å². The molecular formula is C17H14ClN3. The largest absolute Gasteiger partial charge is 0.351 e. The highest BCUT2D eigenvalue weighted by molar-refractivity contribution is 6.31. The fraction of sp³-hybridized carbons (Fsp3) is 0.176. The van der Waals surface area contributed by atoms with Crippen LogP contribution in [0.3, 0.4) is 0 Å². The van der Waals surface area contributed by atoms with Crippen molar-refractivity contribution in [2.24, 2.45) is 7.05 Å². The summed E-state index contributed by atoms with van der Waals surface area (Å²) in [5, 5.41) is 3.26. The highest BCUT2D eigenvalue weighted by Gasteiger charge is 2.16. The van der Waals surface area contributed by atoms with Gasteiger partial charge in [0.2, 0.25) is 0 Å². The van der Waals surface area contributed by atoms with Crippen molar-refractivity contribution >= 4 is 34.8 Å². The van der Waals surface area contributed by atoms with Crippen LogP contribution in [0.4, 0.5) is 0 Å². The molecule has 1 atom stereocenters. The van der Waals surface area contributed by atoms with Gasteiger partial charge in [-0.2, -0.15) is 0 Å². The van der Waals surface area contributed by atoms with Crippen molar-refractivity contribution in [2.75, 3.05) is 0 Å². The Kier molecular flexibility index (Phi) is 2.82. The van der Waals surface area contributed by atoms with Gasteiger partial charge in [-0.05, 0) is 35.4 Å². The lowest BCUT2D eigenvalue weighted by molar-refractivity contribution is 0.852. The van der Waals surface area contributed by atoms with Crippen LogP contribution in [0.1, 0.15) is 17.9 Å². The maximum atomic E-state index is 6.26. The lowest BCUT2D eigenvalue weighted by Gasteiger charge is -2.16. The van der Waals surface area contributed by atoms with E-state index in [4.69, 9.17) is 11.6 Å². The summed E-state index contributed by atoms with van der Waals surface area (Å²) in [4.78, 5) is 8.87. The molecule has 2 heterocycles. The minimum Gasteiger partial charge on any atom is -0.351 e. The summed E-state index contributed by atoms with van der Waals surface area (Å²) in [6.07, 6.45) is 11.1. The Balaban J connectivity index is 1.96. The molecule has 1 aliphatic rings. The first-order chi connectivity index (χ1) is 10.2. The van der Waals surface area contributed by atoms with E-state index in [1.165, 1.54) is 10.6 Å². The molecule has 0 saturated carbocycles. The quantitative estimate of drug-likeness (QED) is 0.690. The van der Waals surface area contributed by atoms with Crippen LogP contribution in [0.2, 0.25) is 5.02 Å². The summed E-state index contributed by atoms with van der Waals surface area (Å²) in [5.74, 6) is 0.281. The van der Waals surface area contributed by atoms with E-state index in [1.54, 1.807) is 12.4 Å². The van der Waals surface area contributed by atoms with Gasteiger partial charge >= 0.3 is 0 Å². The summed E-state index contributed by atoms with van der Waals surface area (Å²) in [6.45, 7) is 0. The highest BCUT2D eigenvalue weighted by Crippen LogP contribution is 2.31. The molecule has 0 spiro atoms. The van der Waals surface area contributed by atoms with Crippen LogP contribution in [0.5, 0.6) is 0 Å². The second kappa shape index (κ2) is 4.71. The Hall–Kier alpha value is -2.13. The third-order valence-corrected chi connectivity index (χ3v) is 4.29. The zero-order valence-electron chi connectivity index (χ0n) is 11.6. The topological polar surface area (TPSA) is 30.7 Å². The summed E-state index contributed by atoms with van der Waals surface area (Å²) in [5.41, 5.74) is 2.94. The molecule has 0 saturated heterocycles. The van der Waals surface area contributed by atoms with E-state index in [0.717, 1.165) is 23.0 Å². The summed E-state index contributed by atoms with van der Waals surface area (Å²) < 4.78 is 2.15. The molecule has 1 unspecified atom stereocenters. The summed E-state index contributed by atoms with van der Waals surface area (Å²) in [6, 6.07) is 6.04. The first-order valence-electron chi connectivity index (χ1n) is 6.96. The maximum absolute atomic E-state index is 6.26. The van der Waals surface area contributed by atoms with Crippen molar-refractivity contribution in [1.82, 2.24) is 14.5 Å². The van der Waals surface area contributed by atoms with E-state index in [2.05, 4.69) is 46.0 Å². The van der Waals surface area contributed by atoms with E-state index in [1.807, 2.05) is 12.1 Å². The lowest BCUT2D eigenvalue weighted by Crippen LogP contribution is -2.31. The SMILES string of the molecule is Cn1ccc2c1=CC(c1cc(Cl)cc3nccnc13)CC=2. The fourth-order valence-electron chi connectivity index (χ4n) is 3.03. The molecule has 21 heavy (non-hydrogen) atoms. The molecule has 0 aliphatic heterocycles. The molecule has 4 heteroatoms. The van der Waals surface area contributed by atoms with Crippen molar-refractivity contribution in [2.45, 2.75) is 12.3 Å². The molecule has 3 nitrogen and oxygen atoms in total. The average Bonchev–Trinajstić information content (AvgIpc) is 2.87. The van der Waals surface area contributed by atoms with Crippen molar-refractivity contribution in [1.29, 1.82) is 0 Å². The number of rotatable bonds is 1. The standard InChI is InChI=1S/C17H14ClN3/c1-21-7-4-11-2-3-12(8-16(11)21)14-9-13(18)10-15-17(14)20-6-5-19-15/h2,4-10,12H,3H2,1H3. The second-order valence-corrected chi connectivity index (χ2v) is 5.84. The minimum atomic E-state index is 0.281. The van der Waals surface area contributed by atoms with Crippen LogP contribution in [-0.4, -0.2) is 14.5 Å². The smallest absolute Gasteiger partial charge is 0.0925 e. The van der Waals surface area contributed by atoms with Gasteiger partial charge in [0.25, 0.3) is 0 Å². The van der Waals surface area contributed by atoms with Crippen LogP contribution >= 0.6 is 11.6 Å². The third-order valence-electron chi connectivity index (χ3n) is 4.07. The number of nitrogens with zero attached hydrogens (tertiary/aromatic N) is 3. The number of aromatic nitrogens is 3. The summed E-state index contributed by atoms with van der Waals surface area (Å²) >= 11 is 6.26. The molecule has 2 aromatic heterocycles. The fourth-order valence-corrected chi connectivity index (χ4v) is 3.25.